The van der Waals surface area contributed by atoms with Crippen LogP contribution < -0.4 is 14.8 Å². The number of carbonyl (C=O) groups excluding carboxylic acids is 1. The van der Waals surface area contributed by atoms with Crippen molar-refractivity contribution in [2.24, 2.45) is 5.41 Å². The van der Waals surface area contributed by atoms with Gasteiger partial charge in [0.1, 0.15) is 10.6 Å². The highest BCUT2D eigenvalue weighted by atomic mass is 35.5. The van der Waals surface area contributed by atoms with Crippen molar-refractivity contribution in [3.05, 3.63) is 47.5 Å². The third kappa shape index (κ3) is 4.89. The lowest BCUT2D eigenvalue weighted by Crippen LogP contribution is -2.27. The Kier molecular flexibility index (Phi) is 5.83. The van der Waals surface area contributed by atoms with Gasteiger partial charge < -0.3 is 10.1 Å². The zero-order chi connectivity index (χ0) is 19.5. The molecule has 0 radical (unpaired) electrons. The van der Waals surface area contributed by atoms with E-state index in [1.54, 1.807) is 51.1 Å². The number of nitrogens with one attached hydrogen (secondary N) is 2. The summed E-state index contributed by atoms with van der Waals surface area (Å²) < 4.78 is 33.2. The summed E-state index contributed by atoms with van der Waals surface area (Å²) in [6.07, 6.45) is 0. The number of hydrogen-bond donors (Lipinski definition) is 2. The van der Waals surface area contributed by atoms with E-state index in [1.807, 2.05) is 0 Å². The first-order valence-corrected chi connectivity index (χ1v) is 9.67. The minimum Gasteiger partial charge on any atom is -0.495 e. The number of sulfonamides is 1. The first-order valence-electron chi connectivity index (χ1n) is 7.81. The molecule has 26 heavy (non-hydrogen) atoms. The van der Waals surface area contributed by atoms with Gasteiger partial charge in [-0.15, -0.1) is 0 Å². The van der Waals surface area contributed by atoms with E-state index in [-0.39, 0.29) is 16.6 Å². The molecule has 2 aromatic carbocycles. The fourth-order valence-electron chi connectivity index (χ4n) is 2.01. The van der Waals surface area contributed by atoms with Gasteiger partial charge in [-0.1, -0.05) is 32.4 Å². The van der Waals surface area contributed by atoms with E-state index in [9.17, 15) is 13.2 Å². The van der Waals surface area contributed by atoms with Gasteiger partial charge >= 0.3 is 0 Å². The van der Waals surface area contributed by atoms with Crippen LogP contribution in [-0.2, 0) is 14.8 Å². The minimum atomic E-state index is -3.93. The summed E-state index contributed by atoms with van der Waals surface area (Å²) >= 11 is 5.82. The minimum absolute atomic E-state index is 0.0818. The van der Waals surface area contributed by atoms with Gasteiger partial charge in [-0.25, -0.2) is 8.42 Å². The van der Waals surface area contributed by atoms with Gasteiger partial charge in [0.2, 0.25) is 5.91 Å². The summed E-state index contributed by atoms with van der Waals surface area (Å²) in [5.74, 6) is -0.0584. The molecule has 0 saturated heterocycles. The largest absolute Gasteiger partial charge is 0.495 e. The molecule has 0 bridgehead atoms. The van der Waals surface area contributed by atoms with Crippen molar-refractivity contribution in [3.63, 3.8) is 0 Å². The summed E-state index contributed by atoms with van der Waals surface area (Å²) in [6, 6.07) is 10.7. The van der Waals surface area contributed by atoms with Crippen molar-refractivity contribution < 1.29 is 17.9 Å². The predicted octanol–water partition coefficient (Wildman–Crippen LogP) is 4.13. The van der Waals surface area contributed by atoms with Crippen molar-refractivity contribution in [1.29, 1.82) is 0 Å². The first kappa shape index (κ1) is 20.1. The van der Waals surface area contributed by atoms with Crippen LogP contribution in [0.25, 0.3) is 0 Å². The lowest BCUT2D eigenvalue weighted by Gasteiger charge is -2.19. The highest BCUT2D eigenvalue weighted by molar-refractivity contribution is 7.92. The second-order valence-corrected chi connectivity index (χ2v) is 8.77. The van der Waals surface area contributed by atoms with E-state index in [2.05, 4.69) is 10.0 Å². The van der Waals surface area contributed by atoms with Crippen molar-refractivity contribution >= 4 is 38.9 Å². The lowest BCUT2D eigenvalue weighted by molar-refractivity contribution is -0.123. The Morgan fingerprint density at radius 1 is 1.04 bits per heavy atom. The van der Waals surface area contributed by atoms with Crippen LogP contribution >= 0.6 is 11.6 Å². The Balaban J connectivity index is 2.37. The van der Waals surface area contributed by atoms with Gasteiger partial charge in [0, 0.05) is 21.8 Å². The average molecular weight is 397 g/mol. The fraction of sp³-hybridized carbons (Fsp3) is 0.278. The van der Waals surface area contributed by atoms with Crippen LogP contribution in [-0.4, -0.2) is 21.4 Å². The molecule has 0 spiro atoms. The topological polar surface area (TPSA) is 84.5 Å². The average Bonchev–Trinajstić information content (AvgIpc) is 2.56. The van der Waals surface area contributed by atoms with E-state index in [0.29, 0.717) is 16.4 Å². The number of carbonyl (C=O) groups is 1. The Labute approximate surface area is 158 Å². The number of halogens is 1. The summed E-state index contributed by atoms with van der Waals surface area (Å²) in [5.41, 5.74) is 0.114. The van der Waals surface area contributed by atoms with E-state index >= 15 is 0 Å². The molecule has 2 rings (SSSR count). The second-order valence-electron chi connectivity index (χ2n) is 6.68. The van der Waals surface area contributed by atoms with Crippen LogP contribution in [0.1, 0.15) is 20.8 Å². The number of ether oxygens (including phenoxy) is 1. The highest BCUT2D eigenvalue weighted by Crippen LogP contribution is 2.30. The second kappa shape index (κ2) is 7.55. The molecule has 140 valence electrons. The molecular formula is C18H21ClN2O4S. The smallest absolute Gasteiger partial charge is 0.265 e. The van der Waals surface area contributed by atoms with Crippen LogP contribution in [0.5, 0.6) is 5.75 Å². The molecule has 2 aromatic rings. The third-order valence-corrected chi connectivity index (χ3v) is 5.14. The summed E-state index contributed by atoms with van der Waals surface area (Å²) in [6.45, 7) is 5.31. The lowest BCUT2D eigenvalue weighted by atomic mass is 9.95. The molecule has 0 saturated carbocycles. The molecule has 6 nitrogen and oxygen atoms in total. The highest BCUT2D eigenvalue weighted by Gasteiger charge is 2.24. The molecule has 1 amide bonds. The fourth-order valence-corrected chi connectivity index (χ4v) is 3.39. The Morgan fingerprint density at radius 3 is 2.15 bits per heavy atom. The molecule has 0 aliphatic heterocycles. The number of methoxy groups -OCH3 is 1. The van der Waals surface area contributed by atoms with E-state index < -0.39 is 15.4 Å². The Bertz CT molecular complexity index is 904. The van der Waals surface area contributed by atoms with Gasteiger partial charge in [-0.05, 0) is 42.5 Å². The van der Waals surface area contributed by atoms with Gasteiger partial charge in [-0.3, -0.25) is 9.52 Å². The molecular weight excluding hydrogens is 376 g/mol. The van der Waals surface area contributed by atoms with Crippen molar-refractivity contribution in [2.75, 3.05) is 17.1 Å². The zero-order valence-electron chi connectivity index (χ0n) is 15.0. The summed E-state index contributed by atoms with van der Waals surface area (Å²) in [7, 11) is -2.55. The Hall–Kier alpha value is -2.25. The normalized spacial score (nSPS) is 11.7. The Morgan fingerprint density at radius 2 is 1.62 bits per heavy atom. The number of anilines is 2. The van der Waals surface area contributed by atoms with Crippen molar-refractivity contribution in [2.45, 2.75) is 25.7 Å². The molecule has 0 aliphatic rings. The zero-order valence-corrected chi connectivity index (χ0v) is 16.5. The summed E-state index contributed by atoms with van der Waals surface area (Å²) in [5, 5.41) is 3.21. The van der Waals surface area contributed by atoms with Crippen LogP contribution in [0.3, 0.4) is 0 Å². The summed E-state index contributed by atoms with van der Waals surface area (Å²) in [4.78, 5) is 12.1. The van der Waals surface area contributed by atoms with Gasteiger partial charge in [0.15, 0.2) is 0 Å². The van der Waals surface area contributed by atoms with Gasteiger partial charge in [0.05, 0.1) is 7.11 Å². The molecule has 0 aliphatic carbocycles. The SMILES string of the molecule is COc1ccc(NC(=O)C(C)(C)C)cc1S(=O)(=O)Nc1ccc(Cl)cc1. The molecule has 0 heterocycles. The molecule has 0 unspecified atom stereocenters. The number of amides is 1. The maximum Gasteiger partial charge on any atom is 0.265 e. The number of hydrogen-bond acceptors (Lipinski definition) is 4. The standard InChI is InChI=1S/C18H21ClN2O4S/c1-18(2,3)17(22)20-14-9-10-15(25-4)16(11-14)26(23,24)21-13-7-5-12(19)6-8-13/h5-11,21H,1-4H3,(H,20,22). The molecule has 0 fully saturated rings. The molecule has 0 atom stereocenters. The van der Waals surface area contributed by atoms with Crippen LogP contribution in [0.15, 0.2) is 47.4 Å². The maximum atomic E-state index is 12.8. The van der Waals surface area contributed by atoms with Crippen molar-refractivity contribution in [3.8, 4) is 5.75 Å². The first-order chi connectivity index (χ1) is 12.0. The van der Waals surface area contributed by atoms with Gasteiger partial charge in [-0.2, -0.15) is 0 Å². The van der Waals surface area contributed by atoms with Crippen LogP contribution in [0, 0.1) is 5.41 Å². The van der Waals surface area contributed by atoms with E-state index in [1.165, 1.54) is 19.2 Å². The van der Waals surface area contributed by atoms with Crippen LogP contribution in [0.2, 0.25) is 5.02 Å². The number of rotatable bonds is 5. The van der Waals surface area contributed by atoms with E-state index in [4.69, 9.17) is 16.3 Å². The predicted molar refractivity (Wildman–Crippen MR) is 103 cm³/mol. The van der Waals surface area contributed by atoms with Crippen molar-refractivity contribution in [1.82, 2.24) is 0 Å². The molecule has 0 aromatic heterocycles. The number of benzene rings is 2. The third-order valence-electron chi connectivity index (χ3n) is 3.49. The molecule has 2 N–H and O–H groups in total. The maximum absolute atomic E-state index is 12.8. The van der Waals surface area contributed by atoms with Gasteiger partial charge in [0.25, 0.3) is 10.0 Å². The molecule has 8 heteroatoms. The van der Waals surface area contributed by atoms with E-state index in [0.717, 1.165) is 0 Å². The monoisotopic (exact) mass is 396 g/mol. The quantitative estimate of drug-likeness (QED) is 0.795. The van der Waals surface area contributed by atoms with Crippen LogP contribution in [0.4, 0.5) is 11.4 Å².